The predicted molar refractivity (Wildman–Crippen MR) is 80.9 cm³/mol. The Kier molecular flexibility index (Phi) is 5.85. The number of carbonyl (C=O) groups is 1. The molecule has 2 N–H and O–H groups in total. The first kappa shape index (κ1) is 15.8. The van der Waals surface area contributed by atoms with Crippen LogP contribution in [-0.4, -0.2) is 47.2 Å². The highest BCUT2D eigenvalue weighted by Crippen LogP contribution is 2.25. The lowest BCUT2D eigenvalue weighted by molar-refractivity contribution is -0.139. The second-order valence-corrected chi connectivity index (χ2v) is 6.95. The van der Waals surface area contributed by atoms with E-state index in [1.54, 1.807) is 0 Å². The molecule has 2 saturated carbocycles. The normalized spacial score (nSPS) is 21.8. The van der Waals surface area contributed by atoms with Gasteiger partial charge in [0.15, 0.2) is 0 Å². The first-order chi connectivity index (χ1) is 9.56. The van der Waals surface area contributed by atoms with Crippen molar-refractivity contribution in [3.8, 4) is 0 Å². The van der Waals surface area contributed by atoms with Gasteiger partial charge >= 0.3 is 5.97 Å². The molecular formula is C16H30N2O2. The fourth-order valence-electron chi connectivity index (χ4n) is 3.27. The van der Waals surface area contributed by atoms with Crippen molar-refractivity contribution < 1.29 is 9.90 Å². The zero-order valence-corrected chi connectivity index (χ0v) is 13.0. The van der Waals surface area contributed by atoms with Crippen LogP contribution in [-0.2, 0) is 4.79 Å². The zero-order chi connectivity index (χ0) is 14.5. The van der Waals surface area contributed by atoms with Gasteiger partial charge in [-0.05, 0) is 38.0 Å². The number of carboxylic acid groups (broad SMARTS) is 1. The third-order valence-corrected chi connectivity index (χ3v) is 4.46. The third kappa shape index (κ3) is 5.06. The van der Waals surface area contributed by atoms with Gasteiger partial charge in [0.05, 0.1) is 0 Å². The molecule has 2 rings (SSSR count). The molecule has 0 radical (unpaired) electrons. The van der Waals surface area contributed by atoms with E-state index in [9.17, 15) is 9.90 Å². The Morgan fingerprint density at radius 2 is 1.90 bits per heavy atom. The van der Waals surface area contributed by atoms with Gasteiger partial charge in [-0.3, -0.25) is 4.79 Å². The minimum atomic E-state index is -0.687. The Labute approximate surface area is 122 Å². The Morgan fingerprint density at radius 1 is 1.25 bits per heavy atom. The van der Waals surface area contributed by atoms with Gasteiger partial charge in [0, 0.05) is 25.2 Å². The fraction of sp³-hybridized carbons (Fsp3) is 0.938. The number of aliphatic carboxylic acids is 1. The molecular weight excluding hydrogens is 252 g/mol. The molecule has 0 saturated heterocycles. The van der Waals surface area contributed by atoms with Gasteiger partial charge in [-0.2, -0.15) is 0 Å². The second-order valence-electron chi connectivity index (χ2n) is 6.95. The van der Waals surface area contributed by atoms with Crippen LogP contribution in [0.3, 0.4) is 0 Å². The first-order valence-electron chi connectivity index (χ1n) is 8.29. The second kappa shape index (κ2) is 7.41. The van der Waals surface area contributed by atoms with Crippen molar-refractivity contribution in [2.24, 2.45) is 5.92 Å². The third-order valence-electron chi connectivity index (χ3n) is 4.46. The monoisotopic (exact) mass is 282 g/mol. The quantitative estimate of drug-likeness (QED) is 0.682. The summed E-state index contributed by atoms with van der Waals surface area (Å²) in [5, 5.41) is 12.6. The highest BCUT2D eigenvalue weighted by molar-refractivity contribution is 5.73. The van der Waals surface area contributed by atoms with Crippen LogP contribution in [0.25, 0.3) is 0 Å². The molecule has 4 heteroatoms. The van der Waals surface area contributed by atoms with Crippen LogP contribution < -0.4 is 5.32 Å². The van der Waals surface area contributed by atoms with Crippen molar-refractivity contribution in [2.45, 2.75) is 76.9 Å². The molecule has 2 aliphatic carbocycles. The van der Waals surface area contributed by atoms with Crippen LogP contribution in [0.5, 0.6) is 0 Å². The van der Waals surface area contributed by atoms with E-state index in [-0.39, 0.29) is 6.04 Å². The number of nitrogens with one attached hydrogen (secondary N) is 1. The van der Waals surface area contributed by atoms with Crippen LogP contribution in [0.1, 0.15) is 58.8 Å². The maximum atomic E-state index is 11.3. The summed E-state index contributed by atoms with van der Waals surface area (Å²) in [5.74, 6) is -0.0388. The molecule has 0 amide bonds. The van der Waals surface area contributed by atoms with Gasteiger partial charge in [-0.15, -0.1) is 0 Å². The van der Waals surface area contributed by atoms with E-state index in [4.69, 9.17) is 0 Å². The maximum absolute atomic E-state index is 11.3. The zero-order valence-electron chi connectivity index (χ0n) is 13.0. The largest absolute Gasteiger partial charge is 0.480 e. The van der Waals surface area contributed by atoms with Gasteiger partial charge in [-0.25, -0.2) is 0 Å². The summed E-state index contributed by atoms with van der Waals surface area (Å²) in [5.41, 5.74) is 0. The molecule has 0 aromatic heterocycles. The van der Waals surface area contributed by atoms with Crippen molar-refractivity contribution in [3.63, 3.8) is 0 Å². The fourth-order valence-corrected chi connectivity index (χ4v) is 3.27. The molecule has 2 aliphatic rings. The summed E-state index contributed by atoms with van der Waals surface area (Å²) in [7, 11) is 0. The number of nitrogens with zero attached hydrogens (tertiary/aromatic N) is 1. The molecule has 1 atom stereocenters. The molecule has 116 valence electrons. The molecule has 0 bridgehead atoms. The maximum Gasteiger partial charge on any atom is 0.320 e. The molecule has 0 heterocycles. The lowest BCUT2D eigenvalue weighted by atomic mass is 10.1. The predicted octanol–water partition coefficient (Wildman–Crippen LogP) is 2.48. The summed E-state index contributed by atoms with van der Waals surface area (Å²) in [6.07, 6.45) is 8.27. The highest BCUT2D eigenvalue weighted by atomic mass is 16.4. The number of hydrogen-bond donors (Lipinski definition) is 2. The Morgan fingerprint density at radius 3 is 2.40 bits per heavy atom. The van der Waals surface area contributed by atoms with Gasteiger partial charge in [0.25, 0.3) is 0 Å². The molecule has 2 fully saturated rings. The van der Waals surface area contributed by atoms with E-state index in [1.165, 1.54) is 25.7 Å². The Balaban J connectivity index is 1.83. The van der Waals surface area contributed by atoms with E-state index in [0.717, 1.165) is 32.4 Å². The Hall–Kier alpha value is -0.610. The lowest BCUT2D eigenvalue weighted by Gasteiger charge is -2.31. The molecule has 0 aromatic carbocycles. The molecule has 4 nitrogen and oxygen atoms in total. The van der Waals surface area contributed by atoms with E-state index < -0.39 is 5.97 Å². The molecule has 0 aromatic rings. The SMILES string of the molecule is CC(C)CN(CCC(NC1CC1)C(=O)O)C1CCCC1. The van der Waals surface area contributed by atoms with Gasteiger partial charge in [0.2, 0.25) is 0 Å². The number of carboxylic acids is 1. The van der Waals surface area contributed by atoms with Crippen molar-refractivity contribution in [1.29, 1.82) is 0 Å². The number of hydrogen-bond acceptors (Lipinski definition) is 3. The van der Waals surface area contributed by atoms with Crippen LogP contribution in [0.4, 0.5) is 0 Å². The van der Waals surface area contributed by atoms with Crippen LogP contribution in [0.2, 0.25) is 0 Å². The summed E-state index contributed by atoms with van der Waals surface area (Å²) in [4.78, 5) is 13.9. The lowest BCUT2D eigenvalue weighted by Crippen LogP contribution is -2.43. The van der Waals surface area contributed by atoms with E-state index in [2.05, 4.69) is 24.1 Å². The highest BCUT2D eigenvalue weighted by Gasteiger charge is 2.29. The summed E-state index contributed by atoms with van der Waals surface area (Å²) in [6, 6.07) is 0.785. The minimum Gasteiger partial charge on any atom is -0.480 e. The number of rotatable bonds is 9. The van der Waals surface area contributed by atoms with Gasteiger partial charge < -0.3 is 15.3 Å². The van der Waals surface area contributed by atoms with E-state index >= 15 is 0 Å². The van der Waals surface area contributed by atoms with Crippen LogP contribution in [0.15, 0.2) is 0 Å². The van der Waals surface area contributed by atoms with Crippen LogP contribution in [0, 0.1) is 5.92 Å². The van der Waals surface area contributed by atoms with Crippen molar-refractivity contribution in [1.82, 2.24) is 10.2 Å². The molecule has 0 spiro atoms. The molecule has 1 unspecified atom stereocenters. The average molecular weight is 282 g/mol. The van der Waals surface area contributed by atoms with Crippen LogP contribution >= 0.6 is 0 Å². The topological polar surface area (TPSA) is 52.6 Å². The molecule has 20 heavy (non-hydrogen) atoms. The van der Waals surface area contributed by atoms with E-state index in [0.29, 0.717) is 18.0 Å². The van der Waals surface area contributed by atoms with Gasteiger partial charge in [-0.1, -0.05) is 26.7 Å². The Bertz CT molecular complexity index is 310. The molecule has 0 aliphatic heterocycles. The van der Waals surface area contributed by atoms with Gasteiger partial charge in [0.1, 0.15) is 6.04 Å². The van der Waals surface area contributed by atoms with Crippen molar-refractivity contribution in [3.05, 3.63) is 0 Å². The standard InChI is InChI=1S/C16H30N2O2/c1-12(2)11-18(14-5-3-4-6-14)10-9-15(16(19)20)17-13-7-8-13/h12-15,17H,3-11H2,1-2H3,(H,19,20). The average Bonchev–Trinajstić information content (AvgIpc) is 3.03. The summed E-state index contributed by atoms with van der Waals surface area (Å²) < 4.78 is 0. The minimum absolute atomic E-state index is 0.362. The van der Waals surface area contributed by atoms with Crippen molar-refractivity contribution >= 4 is 5.97 Å². The smallest absolute Gasteiger partial charge is 0.320 e. The summed E-state index contributed by atoms with van der Waals surface area (Å²) >= 11 is 0. The van der Waals surface area contributed by atoms with Crippen molar-refractivity contribution in [2.75, 3.05) is 13.1 Å². The first-order valence-corrected chi connectivity index (χ1v) is 8.29. The van der Waals surface area contributed by atoms with E-state index in [1.807, 2.05) is 0 Å². The summed E-state index contributed by atoms with van der Waals surface area (Å²) in [6.45, 7) is 6.51.